The lowest BCUT2D eigenvalue weighted by Gasteiger charge is -2.20. The van der Waals surface area contributed by atoms with Crippen LogP contribution in [-0.2, 0) is 16.0 Å². The molecule has 1 aromatic rings. The van der Waals surface area contributed by atoms with Crippen LogP contribution < -0.4 is 4.90 Å². The fourth-order valence-corrected chi connectivity index (χ4v) is 4.00. The normalized spacial score (nSPS) is 18.8. The third kappa shape index (κ3) is 3.99. The molecule has 126 valence electrons. The van der Waals surface area contributed by atoms with Crippen molar-refractivity contribution in [3.8, 4) is 0 Å². The van der Waals surface area contributed by atoms with Gasteiger partial charge in [0.15, 0.2) is 10.1 Å². The minimum absolute atomic E-state index is 0.0565. The second-order valence-corrected chi connectivity index (χ2v) is 7.06. The number of alkyl halides is 3. The third-order valence-corrected chi connectivity index (χ3v) is 5.52. The number of anilines is 1. The number of amidine groups is 1. The number of carbonyl (C=O) groups excluding carboxylic acids is 1. The molecule has 0 radical (unpaired) electrons. The van der Waals surface area contributed by atoms with Crippen LogP contribution in [0.15, 0.2) is 22.0 Å². The van der Waals surface area contributed by atoms with Gasteiger partial charge < -0.3 is 4.55 Å². The van der Waals surface area contributed by atoms with Crippen molar-refractivity contribution in [1.29, 1.82) is 0 Å². The summed E-state index contributed by atoms with van der Waals surface area (Å²) >= 11 is -1.29. The predicted molar refractivity (Wildman–Crippen MR) is 81.8 cm³/mol. The molecule has 1 aliphatic heterocycles. The Morgan fingerprint density at radius 3 is 2.65 bits per heavy atom. The fraction of sp³-hybridized carbons (Fsp3) is 0.385. The van der Waals surface area contributed by atoms with Crippen LogP contribution in [0.4, 0.5) is 23.2 Å². The van der Waals surface area contributed by atoms with Gasteiger partial charge in [-0.25, -0.2) is 4.39 Å². The van der Waals surface area contributed by atoms with Crippen LogP contribution in [0.5, 0.6) is 0 Å². The van der Waals surface area contributed by atoms with Crippen molar-refractivity contribution in [2.75, 3.05) is 23.5 Å². The number of hydrogen-bond acceptors (Lipinski definition) is 4. The number of carbonyl (C=O) groups is 1. The number of amides is 1. The standard InChI is InChI=1S/C13H12F4N2O2S2/c1-7-3-8(14)9(19-11(20)5-22-12(19)18-2)4-10(7)23(21)6-13(15,16)17/h3-4H,5-6H2,1-2H3/b18-12-. The van der Waals surface area contributed by atoms with E-state index in [1.807, 2.05) is 0 Å². The van der Waals surface area contributed by atoms with E-state index in [1.54, 1.807) is 0 Å². The van der Waals surface area contributed by atoms with Crippen molar-refractivity contribution in [3.63, 3.8) is 0 Å². The zero-order valence-electron chi connectivity index (χ0n) is 12.1. The Bertz CT molecular complexity index is 664. The number of nitrogens with zero attached hydrogens (tertiary/aromatic N) is 2. The minimum Gasteiger partial charge on any atom is -0.611 e. The van der Waals surface area contributed by atoms with E-state index in [1.165, 1.54) is 14.0 Å². The first-order valence-electron chi connectivity index (χ1n) is 6.32. The molecule has 1 amide bonds. The molecule has 4 nitrogen and oxygen atoms in total. The van der Waals surface area contributed by atoms with Gasteiger partial charge in [0.2, 0.25) is 11.7 Å². The molecule has 1 aromatic carbocycles. The van der Waals surface area contributed by atoms with Gasteiger partial charge in [-0.15, -0.1) is 0 Å². The average molecular weight is 368 g/mol. The van der Waals surface area contributed by atoms with Crippen molar-refractivity contribution >= 4 is 39.7 Å². The van der Waals surface area contributed by atoms with Crippen molar-refractivity contribution in [3.05, 3.63) is 23.5 Å². The van der Waals surface area contributed by atoms with E-state index in [9.17, 15) is 26.9 Å². The molecule has 0 spiro atoms. The van der Waals surface area contributed by atoms with Crippen LogP contribution in [-0.4, -0.2) is 40.4 Å². The molecule has 1 saturated heterocycles. The molecular weight excluding hydrogens is 356 g/mol. The van der Waals surface area contributed by atoms with E-state index >= 15 is 0 Å². The first kappa shape index (κ1) is 18.1. The lowest BCUT2D eigenvalue weighted by molar-refractivity contribution is -0.115. The number of benzene rings is 1. The Kier molecular flexibility index (Phi) is 5.27. The summed E-state index contributed by atoms with van der Waals surface area (Å²) in [5.41, 5.74) is -0.111. The van der Waals surface area contributed by atoms with Crippen LogP contribution in [0.25, 0.3) is 0 Å². The first-order valence-corrected chi connectivity index (χ1v) is 8.62. The van der Waals surface area contributed by atoms with E-state index in [4.69, 9.17) is 0 Å². The summed E-state index contributed by atoms with van der Waals surface area (Å²) in [6, 6.07) is 2.00. The van der Waals surface area contributed by atoms with Crippen LogP contribution in [0, 0.1) is 12.7 Å². The molecule has 1 atom stereocenters. The molecule has 10 heteroatoms. The summed E-state index contributed by atoms with van der Waals surface area (Å²) in [5, 5.41) is 0.241. The zero-order chi connectivity index (χ0) is 17.4. The van der Waals surface area contributed by atoms with Gasteiger partial charge in [0.25, 0.3) is 0 Å². The number of aliphatic imine (C=N–C) groups is 1. The Labute approximate surface area is 137 Å². The number of rotatable bonds is 3. The molecule has 1 unspecified atom stereocenters. The van der Waals surface area contributed by atoms with E-state index in [0.29, 0.717) is 0 Å². The van der Waals surface area contributed by atoms with Gasteiger partial charge >= 0.3 is 6.18 Å². The molecular formula is C13H12F4N2O2S2. The highest BCUT2D eigenvalue weighted by Crippen LogP contribution is 2.33. The monoisotopic (exact) mass is 368 g/mol. The maximum Gasteiger partial charge on any atom is 0.433 e. The SMILES string of the molecule is C/N=C1\SCC(=O)N1c1cc([S+]([O-])CC(F)(F)F)c(C)cc1F. The van der Waals surface area contributed by atoms with Crippen LogP contribution >= 0.6 is 11.8 Å². The molecule has 1 heterocycles. The molecule has 0 saturated carbocycles. The molecule has 0 bridgehead atoms. The van der Waals surface area contributed by atoms with Gasteiger partial charge in [-0.05, 0) is 24.2 Å². The van der Waals surface area contributed by atoms with Gasteiger partial charge in [-0.3, -0.25) is 14.7 Å². The van der Waals surface area contributed by atoms with Crippen LogP contribution in [0.1, 0.15) is 5.56 Å². The summed E-state index contributed by atoms with van der Waals surface area (Å²) in [4.78, 5) is 16.6. The van der Waals surface area contributed by atoms with Crippen LogP contribution in [0.2, 0.25) is 0 Å². The molecule has 0 aliphatic carbocycles. The highest BCUT2D eigenvalue weighted by molar-refractivity contribution is 8.15. The summed E-state index contributed by atoms with van der Waals surface area (Å²) in [5.74, 6) is -2.70. The lowest BCUT2D eigenvalue weighted by atomic mass is 10.2. The van der Waals surface area contributed by atoms with Gasteiger partial charge in [-0.2, -0.15) is 13.2 Å². The van der Waals surface area contributed by atoms with Crippen molar-refractivity contribution in [1.82, 2.24) is 0 Å². The first-order chi connectivity index (χ1) is 10.6. The maximum absolute atomic E-state index is 14.2. The number of hydrogen-bond donors (Lipinski definition) is 0. The van der Waals surface area contributed by atoms with Gasteiger partial charge in [0, 0.05) is 18.7 Å². The van der Waals surface area contributed by atoms with E-state index in [-0.39, 0.29) is 27.1 Å². The highest BCUT2D eigenvalue weighted by atomic mass is 32.2. The van der Waals surface area contributed by atoms with E-state index in [0.717, 1.165) is 28.8 Å². The van der Waals surface area contributed by atoms with E-state index < -0.39 is 34.8 Å². The second kappa shape index (κ2) is 6.70. The minimum atomic E-state index is -4.61. The number of thioether (sulfide) groups is 1. The predicted octanol–water partition coefficient (Wildman–Crippen LogP) is 2.87. The Morgan fingerprint density at radius 2 is 2.09 bits per heavy atom. The Morgan fingerprint density at radius 1 is 1.43 bits per heavy atom. The summed E-state index contributed by atoms with van der Waals surface area (Å²) in [6.07, 6.45) is -4.61. The summed E-state index contributed by atoms with van der Waals surface area (Å²) in [7, 11) is 1.42. The molecule has 1 fully saturated rings. The molecule has 0 N–H and O–H groups in total. The number of halogens is 4. The molecule has 1 aliphatic rings. The largest absolute Gasteiger partial charge is 0.611 e. The second-order valence-electron chi connectivity index (χ2n) is 4.70. The van der Waals surface area contributed by atoms with Crippen molar-refractivity contribution < 1.29 is 26.9 Å². The van der Waals surface area contributed by atoms with Gasteiger partial charge in [0.05, 0.1) is 11.4 Å². The highest BCUT2D eigenvalue weighted by Gasteiger charge is 2.38. The van der Waals surface area contributed by atoms with Crippen molar-refractivity contribution in [2.24, 2.45) is 4.99 Å². The Hall–Kier alpha value is -1.26. The smallest absolute Gasteiger partial charge is 0.433 e. The molecule has 23 heavy (non-hydrogen) atoms. The quantitative estimate of drug-likeness (QED) is 0.609. The lowest BCUT2D eigenvalue weighted by Crippen LogP contribution is -2.30. The number of aryl methyl sites for hydroxylation is 1. The van der Waals surface area contributed by atoms with Gasteiger partial charge in [0.1, 0.15) is 5.82 Å². The Balaban J connectivity index is 2.46. The summed E-state index contributed by atoms with van der Waals surface area (Å²) in [6.45, 7) is 1.37. The zero-order valence-corrected chi connectivity index (χ0v) is 13.7. The van der Waals surface area contributed by atoms with Crippen LogP contribution in [0.3, 0.4) is 0 Å². The summed E-state index contributed by atoms with van der Waals surface area (Å²) < 4.78 is 63.4. The van der Waals surface area contributed by atoms with Crippen molar-refractivity contribution in [2.45, 2.75) is 18.0 Å². The topological polar surface area (TPSA) is 55.7 Å². The molecule has 2 rings (SSSR count). The van der Waals surface area contributed by atoms with E-state index in [2.05, 4.69) is 4.99 Å². The molecule has 0 aromatic heterocycles. The average Bonchev–Trinajstić information content (AvgIpc) is 2.78. The van der Waals surface area contributed by atoms with Gasteiger partial charge in [-0.1, -0.05) is 11.8 Å². The third-order valence-electron chi connectivity index (χ3n) is 2.98. The fourth-order valence-electron chi connectivity index (χ4n) is 2.05. The maximum atomic E-state index is 14.2.